The van der Waals surface area contributed by atoms with Gasteiger partial charge in [-0.1, -0.05) is 6.07 Å². The Morgan fingerprint density at radius 3 is 2.69 bits per heavy atom. The second-order valence-corrected chi connectivity index (χ2v) is 16.1. The van der Waals surface area contributed by atoms with E-state index in [4.69, 9.17) is 34.5 Å². The van der Waals surface area contributed by atoms with Gasteiger partial charge in [-0.05, 0) is 50.7 Å². The van der Waals surface area contributed by atoms with Crippen LogP contribution >= 0.6 is 0 Å². The summed E-state index contributed by atoms with van der Waals surface area (Å²) in [5.41, 5.74) is 3.49. The third kappa shape index (κ3) is 6.58. The first-order valence-electron chi connectivity index (χ1n) is 19.7. The van der Waals surface area contributed by atoms with Crippen molar-refractivity contribution in [3.63, 3.8) is 0 Å². The highest BCUT2D eigenvalue weighted by atomic mass is 19.3. The zero-order valence-electron chi connectivity index (χ0n) is 32.4. The minimum absolute atomic E-state index is 0.0376. The molecule has 2 aromatic carbocycles. The molecule has 6 aromatic rings. The van der Waals surface area contributed by atoms with Crippen molar-refractivity contribution in [1.29, 1.82) is 0 Å². The molecule has 13 nitrogen and oxygen atoms in total. The number of aryl methyl sites for hydroxylation is 1. The fourth-order valence-corrected chi connectivity index (χ4v) is 9.32. The number of halogens is 4. The maximum atomic E-state index is 15.6. The second kappa shape index (κ2) is 14.2. The lowest BCUT2D eigenvalue weighted by Crippen LogP contribution is -2.43. The molecule has 4 aromatic heterocycles. The number of aromatic nitrogens is 7. The molecule has 0 aliphatic carbocycles. The zero-order chi connectivity index (χ0) is 39.9. The Morgan fingerprint density at radius 2 is 1.83 bits per heavy atom. The predicted molar refractivity (Wildman–Crippen MR) is 210 cm³/mol. The monoisotopic (exact) mass is 797 g/mol. The molecule has 0 spiro atoms. The fourth-order valence-electron chi connectivity index (χ4n) is 9.32. The van der Waals surface area contributed by atoms with Crippen LogP contribution in [0.3, 0.4) is 0 Å². The molecule has 0 amide bonds. The van der Waals surface area contributed by atoms with Crippen LogP contribution in [0.4, 0.5) is 29.2 Å². The third-order valence-electron chi connectivity index (χ3n) is 12.0. The maximum absolute atomic E-state index is 15.6. The van der Waals surface area contributed by atoms with Crippen LogP contribution in [-0.4, -0.2) is 128 Å². The van der Waals surface area contributed by atoms with Crippen molar-refractivity contribution in [2.24, 2.45) is 5.92 Å². The lowest BCUT2D eigenvalue weighted by atomic mass is 10.0. The van der Waals surface area contributed by atoms with Gasteiger partial charge in [0.15, 0.2) is 5.65 Å². The molecule has 1 unspecified atom stereocenters. The van der Waals surface area contributed by atoms with Crippen LogP contribution in [0.1, 0.15) is 18.1 Å². The van der Waals surface area contributed by atoms with Gasteiger partial charge in [0.05, 0.1) is 47.5 Å². The van der Waals surface area contributed by atoms with Gasteiger partial charge in [0, 0.05) is 82.0 Å². The van der Waals surface area contributed by atoms with Crippen LogP contribution in [0.5, 0.6) is 5.75 Å². The van der Waals surface area contributed by atoms with E-state index in [1.807, 2.05) is 25.1 Å². The lowest BCUT2D eigenvalue weighted by molar-refractivity contribution is -0.0275. The normalized spacial score (nSPS) is 24.7. The number of imidazole rings is 1. The average molecular weight is 798 g/mol. The van der Waals surface area contributed by atoms with Crippen molar-refractivity contribution in [1.82, 2.24) is 44.1 Å². The summed E-state index contributed by atoms with van der Waals surface area (Å²) in [6.45, 7) is 4.20. The fraction of sp³-hybridized carbons (Fsp3) is 0.439. The van der Waals surface area contributed by atoms with E-state index in [0.29, 0.717) is 77.7 Å². The van der Waals surface area contributed by atoms with Crippen LogP contribution in [0, 0.1) is 24.5 Å². The number of nitrogens with one attached hydrogen (secondary N) is 1. The van der Waals surface area contributed by atoms with Crippen LogP contribution in [-0.2, 0) is 17.7 Å². The lowest BCUT2D eigenvalue weighted by Gasteiger charge is -2.31. The van der Waals surface area contributed by atoms with Crippen molar-refractivity contribution in [2.75, 3.05) is 70.2 Å². The first kappa shape index (κ1) is 36.9. The summed E-state index contributed by atoms with van der Waals surface area (Å²) < 4.78 is 76.7. The topological polar surface area (TPSA) is 115 Å². The number of benzene rings is 2. The molecule has 58 heavy (non-hydrogen) atoms. The predicted octanol–water partition coefficient (Wildman–Crippen LogP) is 5.34. The largest absolute Gasteiger partial charge is 0.490 e. The molecule has 2 saturated heterocycles. The quantitative estimate of drug-likeness (QED) is 0.229. The molecule has 17 heteroatoms. The van der Waals surface area contributed by atoms with Crippen molar-refractivity contribution in [3.8, 4) is 22.7 Å². The summed E-state index contributed by atoms with van der Waals surface area (Å²) in [7, 11) is 3.74. The van der Waals surface area contributed by atoms with E-state index in [0.717, 1.165) is 11.3 Å². The molecular formula is C41H43F4N11O2. The molecule has 8 heterocycles. The highest BCUT2D eigenvalue weighted by molar-refractivity contribution is 5.92. The van der Waals surface area contributed by atoms with Crippen LogP contribution in [0.15, 0.2) is 54.7 Å². The summed E-state index contributed by atoms with van der Waals surface area (Å²) in [6, 6.07) is 12.7. The zero-order valence-corrected chi connectivity index (χ0v) is 32.4. The van der Waals surface area contributed by atoms with Gasteiger partial charge in [-0.15, -0.1) is 0 Å². The van der Waals surface area contributed by atoms with Gasteiger partial charge in [-0.2, -0.15) is 5.10 Å². The molecule has 1 N–H and O–H groups in total. The summed E-state index contributed by atoms with van der Waals surface area (Å²) in [5, 5.41) is 9.01. The summed E-state index contributed by atoms with van der Waals surface area (Å²) in [6.07, 6.45) is 2.10. The van der Waals surface area contributed by atoms with E-state index in [2.05, 4.69) is 26.7 Å². The molecule has 4 aliphatic rings. The molecule has 10 rings (SSSR count). The van der Waals surface area contributed by atoms with Crippen LogP contribution < -0.4 is 15.0 Å². The Morgan fingerprint density at radius 1 is 0.948 bits per heavy atom. The summed E-state index contributed by atoms with van der Waals surface area (Å²) in [4.78, 5) is 25.9. The highest BCUT2D eigenvalue weighted by Crippen LogP contribution is 2.39. The first-order chi connectivity index (χ1) is 28.0. The number of likely N-dealkylation sites (N-methyl/N-ethyl adjacent to an activating group) is 1. The van der Waals surface area contributed by atoms with E-state index in [1.54, 1.807) is 29.0 Å². The van der Waals surface area contributed by atoms with Crippen LogP contribution in [0.2, 0.25) is 0 Å². The summed E-state index contributed by atoms with van der Waals surface area (Å²) >= 11 is 0. The maximum Gasteiger partial charge on any atom is 0.264 e. The SMILES string of the molecule is CO[C@@H]1CN(C)C[C@@H]2C[C@@H](CN2c2nc3nc4c2cnn4-c2ccc(F)cc2OCCN2C[C@@H](C3)C(F)(F)C2)Nc2cccc(n2)-c2cc(F)cc3nc(C)n(c23)C1. The van der Waals surface area contributed by atoms with Gasteiger partial charge >= 0.3 is 0 Å². The molecule has 8 bridgehead atoms. The van der Waals surface area contributed by atoms with E-state index in [1.165, 1.54) is 24.3 Å². The van der Waals surface area contributed by atoms with Crippen molar-refractivity contribution < 1.29 is 27.0 Å². The molecule has 5 atom stereocenters. The van der Waals surface area contributed by atoms with E-state index in [-0.39, 0.29) is 55.9 Å². The van der Waals surface area contributed by atoms with Gasteiger partial charge in [-0.25, -0.2) is 42.2 Å². The van der Waals surface area contributed by atoms with Gasteiger partial charge < -0.3 is 29.2 Å². The Kier molecular flexibility index (Phi) is 9.02. The third-order valence-corrected chi connectivity index (χ3v) is 12.0. The minimum Gasteiger partial charge on any atom is -0.490 e. The van der Waals surface area contributed by atoms with Gasteiger partial charge in [0.25, 0.3) is 5.92 Å². The highest BCUT2D eigenvalue weighted by Gasteiger charge is 2.48. The minimum atomic E-state index is -2.96. The van der Waals surface area contributed by atoms with Gasteiger partial charge in [-0.3, -0.25) is 4.90 Å². The van der Waals surface area contributed by atoms with Crippen molar-refractivity contribution >= 4 is 33.7 Å². The molecule has 0 saturated carbocycles. The van der Waals surface area contributed by atoms with E-state index in [9.17, 15) is 4.39 Å². The number of nitrogens with zero attached hydrogens (tertiary/aromatic N) is 10. The number of alkyl halides is 2. The van der Waals surface area contributed by atoms with Gasteiger partial charge in [0.2, 0.25) is 0 Å². The second-order valence-electron chi connectivity index (χ2n) is 16.1. The van der Waals surface area contributed by atoms with Gasteiger partial charge in [0.1, 0.15) is 53.0 Å². The Balaban J connectivity index is 1.09. The standard InChI is InChI=1S/C41H43F4N11O2/c1-23-47-33-13-26(43)12-30-32-5-4-6-36(49-32)48-27-15-28(19-52(2)20-29(57-3)21-54(23)38(30)33)55(18-27)39-31-16-46-56-34-8-7-25(42)14-35(34)58-10-9-53-17-24(41(44,45)22-53)11-37(50-39)51-40(31)56/h4-8,12-14,16,24,27-29H,9-11,15,17-22H2,1-3H3,(H,48,49)/t24-,27+,28+,29-/m1/s1. The molecular weight excluding hydrogens is 755 g/mol. The Bertz CT molecular complexity index is 2550. The Hall–Kier alpha value is -5.39. The smallest absolute Gasteiger partial charge is 0.264 e. The molecule has 4 aliphatic heterocycles. The average Bonchev–Trinajstić information content (AvgIpc) is 3.93. The number of ether oxygens (including phenoxy) is 2. The number of rotatable bonds is 2. The number of hydrogen-bond acceptors (Lipinski definition) is 11. The number of methoxy groups -OCH3 is 1. The summed E-state index contributed by atoms with van der Waals surface area (Å²) in [5.74, 6) is -2.38. The number of fused-ring (bicyclic) bond motifs is 10. The number of hydrogen-bond donors (Lipinski definition) is 1. The molecule has 0 radical (unpaired) electrons. The molecule has 302 valence electrons. The van der Waals surface area contributed by atoms with Crippen LogP contribution in [0.25, 0.3) is 39.0 Å². The van der Waals surface area contributed by atoms with Crippen molar-refractivity contribution in [2.45, 2.75) is 50.4 Å². The van der Waals surface area contributed by atoms with E-state index >= 15 is 13.2 Å². The van der Waals surface area contributed by atoms with Crippen molar-refractivity contribution in [3.05, 3.63) is 78.0 Å². The van der Waals surface area contributed by atoms with E-state index < -0.39 is 30.0 Å². The Labute approximate surface area is 331 Å². The first-order valence-corrected chi connectivity index (χ1v) is 19.7. The molecule has 2 fully saturated rings. The number of pyridine rings is 1. The number of anilines is 2.